The van der Waals surface area contributed by atoms with Crippen LogP contribution in [0.25, 0.3) is 0 Å². The van der Waals surface area contributed by atoms with Crippen LogP contribution in [-0.2, 0) is 9.53 Å². The summed E-state index contributed by atoms with van der Waals surface area (Å²) in [5.41, 5.74) is 0.732. The van der Waals surface area contributed by atoms with E-state index in [1.54, 1.807) is 24.3 Å². The molecule has 0 radical (unpaired) electrons. The molecule has 0 saturated heterocycles. The van der Waals surface area contributed by atoms with E-state index in [1.807, 2.05) is 6.07 Å². The molecule has 0 aromatic heterocycles. The average molecular weight is 223 g/mol. The van der Waals surface area contributed by atoms with E-state index in [9.17, 15) is 9.59 Å². The summed E-state index contributed by atoms with van der Waals surface area (Å²) in [6.07, 6.45) is -0.825. The Morgan fingerprint density at radius 1 is 1.38 bits per heavy atom. The van der Waals surface area contributed by atoms with Gasteiger partial charge in [0.15, 0.2) is 0 Å². The summed E-state index contributed by atoms with van der Waals surface area (Å²) in [6.45, 7) is 0. The second-order valence-electron chi connectivity index (χ2n) is 3.20. The molecule has 1 rings (SSSR count). The molecule has 1 aromatic carbocycles. The number of hydrogen-bond donors (Lipinski definition) is 2. The van der Waals surface area contributed by atoms with Gasteiger partial charge in [0.25, 0.3) is 0 Å². The Labute approximate surface area is 93.0 Å². The first-order chi connectivity index (χ1) is 7.63. The summed E-state index contributed by atoms with van der Waals surface area (Å²) in [5.74, 6) is -0.981. The van der Waals surface area contributed by atoms with Crippen molar-refractivity contribution in [3.05, 3.63) is 35.9 Å². The molecule has 0 unspecified atom stereocenters. The largest absolute Gasteiger partial charge is 0.481 e. The molecule has 16 heavy (non-hydrogen) atoms. The van der Waals surface area contributed by atoms with Crippen LogP contribution in [-0.4, -0.2) is 24.3 Å². The van der Waals surface area contributed by atoms with E-state index in [4.69, 9.17) is 5.11 Å². The van der Waals surface area contributed by atoms with Gasteiger partial charge in [-0.3, -0.25) is 4.79 Å². The van der Waals surface area contributed by atoms with Crippen molar-refractivity contribution in [1.29, 1.82) is 0 Å². The van der Waals surface area contributed by atoms with Gasteiger partial charge < -0.3 is 15.2 Å². The first-order valence-corrected chi connectivity index (χ1v) is 4.74. The minimum atomic E-state index is -0.981. The smallest absolute Gasteiger partial charge is 0.407 e. The van der Waals surface area contributed by atoms with Crippen LogP contribution in [0, 0.1) is 0 Å². The monoisotopic (exact) mass is 223 g/mol. The van der Waals surface area contributed by atoms with E-state index in [1.165, 1.54) is 7.11 Å². The zero-order valence-corrected chi connectivity index (χ0v) is 8.84. The predicted molar refractivity (Wildman–Crippen MR) is 57.0 cm³/mol. The summed E-state index contributed by atoms with van der Waals surface area (Å²) in [5, 5.41) is 11.2. The van der Waals surface area contributed by atoms with E-state index in [2.05, 4.69) is 10.1 Å². The molecule has 86 valence electrons. The van der Waals surface area contributed by atoms with Crippen molar-refractivity contribution in [3.63, 3.8) is 0 Å². The number of ether oxygens (including phenoxy) is 1. The van der Waals surface area contributed by atoms with E-state index < -0.39 is 18.1 Å². The molecule has 0 saturated carbocycles. The highest BCUT2D eigenvalue weighted by Crippen LogP contribution is 2.16. The van der Waals surface area contributed by atoms with Crippen LogP contribution in [0.15, 0.2) is 30.3 Å². The Kier molecular flexibility index (Phi) is 4.32. The van der Waals surface area contributed by atoms with Crippen LogP contribution in [0.3, 0.4) is 0 Å². The Morgan fingerprint density at radius 2 is 2.00 bits per heavy atom. The molecule has 1 aromatic rings. The number of hydrogen-bond acceptors (Lipinski definition) is 3. The minimum absolute atomic E-state index is 0.181. The zero-order chi connectivity index (χ0) is 12.0. The van der Waals surface area contributed by atoms with E-state index in [0.717, 1.165) is 5.56 Å². The topological polar surface area (TPSA) is 75.6 Å². The summed E-state index contributed by atoms with van der Waals surface area (Å²) in [7, 11) is 1.23. The number of carbonyl (C=O) groups is 2. The number of carboxylic acid groups (broad SMARTS) is 1. The average Bonchev–Trinajstić information content (AvgIpc) is 2.28. The molecule has 0 aliphatic carbocycles. The number of alkyl carbamates (subject to hydrolysis) is 1. The van der Waals surface area contributed by atoms with Gasteiger partial charge in [0.1, 0.15) is 0 Å². The van der Waals surface area contributed by atoms with Gasteiger partial charge >= 0.3 is 12.1 Å². The predicted octanol–water partition coefficient (Wildman–Crippen LogP) is 1.56. The van der Waals surface area contributed by atoms with E-state index in [0.29, 0.717) is 0 Å². The standard InChI is InChI=1S/C11H13NO4/c1-16-11(15)12-9(7-10(13)14)8-5-3-2-4-6-8/h2-6,9H,7H2,1H3,(H,12,15)(H,13,14)/t9-/m1/s1. The first kappa shape index (κ1) is 12.0. The molecule has 2 N–H and O–H groups in total. The van der Waals surface area contributed by atoms with Crippen molar-refractivity contribution in [3.8, 4) is 0 Å². The zero-order valence-electron chi connectivity index (χ0n) is 8.84. The van der Waals surface area contributed by atoms with Crippen molar-refractivity contribution in [2.24, 2.45) is 0 Å². The van der Waals surface area contributed by atoms with Gasteiger partial charge in [-0.05, 0) is 5.56 Å². The number of nitrogens with one attached hydrogen (secondary N) is 1. The number of benzene rings is 1. The molecule has 1 atom stereocenters. The fraction of sp³-hybridized carbons (Fsp3) is 0.273. The summed E-state index contributed by atoms with van der Waals surface area (Å²) >= 11 is 0. The molecule has 5 nitrogen and oxygen atoms in total. The van der Waals surface area contributed by atoms with E-state index in [-0.39, 0.29) is 6.42 Å². The number of methoxy groups -OCH3 is 1. The highest BCUT2D eigenvalue weighted by Gasteiger charge is 2.17. The first-order valence-electron chi connectivity index (χ1n) is 4.74. The van der Waals surface area contributed by atoms with Crippen molar-refractivity contribution < 1.29 is 19.4 Å². The highest BCUT2D eigenvalue weighted by atomic mass is 16.5. The molecule has 5 heteroatoms. The lowest BCUT2D eigenvalue weighted by molar-refractivity contribution is -0.137. The third-order valence-electron chi connectivity index (χ3n) is 2.06. The number of carbonyl (C=O) groups excluding carboxylic acids is 1. The van der Waals surface area contributed by atoms with E-state index >= 15 is 0 Å². The van der Waals surface area contributed by atoms with Gasteiger partial charge in [-0.25, -0.2) is 4.79 Å². The molecule has 0 fully saturated rings. The van der Waals surface area contributed by atoms with Crippen molar-refractivity contribution >= 4 is 12.1 Å². The van der Waals surface area contributed by atoms with Crippen LogP contribution in [0.1, 0.15) is 18.0 Å². The summed E-state index contributed by atoms with van der Waals surface area (Å²) in [4.78, 5) is 21.7. The maximum atomic E-state index is 11.1. The van der Waals surface area contributed by atoms with Gasteiger partial charge in [-0.2, -0.15) is 0 Å². The minimum Gasteiger partial charge on any atom is -0.481 e. The molecule has 0 spiro atoms. The lowest BCUT2D eigenvalue weighted by Gasteiger charge is -2.16. The fourth-order valence-electron chi connectivity index (χ4n) is 1.31. The lowest BCUT2D eigenvalue weighted by Crippen LogP contribution is -2.29. The molecule has 0 heterocycles. The maximum Gasteiger partial charge on any atom is 0.407 e. The molecular formula is C11H13NO4. The van der Waals surface area contributed by atoms with Crippen LogP contribution in [0.5, 0.6) is 0 Å². The van der Waals surface area contributed by atoms with Gasteiger partial charge in [0.2, 0.25) is 0 Å². The van der Waals surface area contributed by atoms with Crippen LogP contribution >= 0.6 is 0 Å². The maximum absolute atomic E-state index is 11.1. The Morgan fingerprint density at radius 3 is 2.50 bits per heavy atom. The number of amides is 1. The SMILES string of the molecule is COC(=O)N[C@H](CC(=O)O)c1ccccc1. The van der Waals surface area contributed by atoms with Gasteiger partial charge in [-0.1, -0.05) is 30.3 Å². The quantitative estimate of drug-likeness (QED) is 0.812. The third kappa shape index (κ3) is 3.61. The second-order valence-corrected chi connectivity index (χ2v) is 3.20. The number of rotatable bonds is 4. The van der Waals surface area contributed by atoms with Crippen LogP contribution in [0.2, 0.25) is 0 Å². The fourth-order valence-corrected chi connectivity index (χ4v) is 1.31. The van der Waals surface area contributed by atoms with Gasteiger partial charge in [0, 0.05) is 0 Å². The Bertz CT molecular complexity index is 364. The normalized spacial score (nSPS) is 11.6. The van der Waals surface area contributed by atoms with Crippen molar-refractivity contribution in [2.45, 2.75) is 12.5 Å². The molecule has 0 aliphatic heterocycles. The van der Waals surface area contributed by atoms with Gasteiger partial charge in [0.05, 0.1) is 19.6 Å². The third-order valence-corrected chi connectivity index (χ3v) is 2.06. The number of carboxylic acids is 1. The molecule has 0 bridgehead atoms. The molecular weight excluding hydrogens is 210 g/mol. The van der Waals surface area contributed by atoms with Gasteiger partial charge in [-0.15, -0.1) is 0 Å². The van der Waals surface area contributed by atoms with Crippen LogP contribution in [0.4, 0.5) is 4.79 Å². The Hall–Kier alpha value is -2.04. The highest BCUT2D eigenvalue weighted by molar-refractivity contribution is 5.71. The summed E-state index contributed by atoms with van der Waals surface area (Å²) < 4.78 is 4.44. The van der Waals surface area contributed by atoms with Crippen molar-refractivity contribution in [1.82, 2.24) is 5.32 Å². The summed E-state index contributed by atoms with van der Waals surface area (Å²) in [6, 6.07) is 8.31. The molecule has 1 amide bonds. The Balaban J connectivity index is 2.79. The second kappa shape index (κ2) is 5.75. The van der Waals surface area contributed by atoms with Crippen LogP contribution < -0.4 is 5.32 Å². The number of aliphatic carboxylic acids is 1. The lowest BCUT2D eigenvalue weighted by atomic mass is 10.0. The molecule has 0 aliphatic rings. The van der Waals surface area contributed by atoms with Crippen molar-refractivity contribution in [2.75, 3.05) is 7.11 Å².